The second-order valence-electron chi connectivity index (χ2n) is 7.87. The molecule has 0 radical (unpaired) electrons. The number of hydrogen-bond donors (Lipinski definition) is 0. The number of rotatable bonds is 4. The minimum absolute atomic E-state index is 0.727. The lowest BCUT2D eigenvalue weighted by atomic mass is 10.1. The second-order valence-corrected chi connectivity index (χ2v) is 7.87. The van der Waals surface area contributed by atoms with Crippen LogP contribution in [0.15, 0.2) is 46.9 Å². The average molecular weight is 376 g/mol. The van der Waals surface area contributed by atoms with Gasteiger partial charge in [0.05, 0.1) is 5.69 Å². The molecule has 1 fully saturated rings. The molecule has 1 aliphatic rings. The van der Waals surface area contributed by atoms with Gasteiger partial charge >= 0.3 is 0 Å². The molecular weight excluding hydrogens is 346 g/mol. The number of hydrogen-bond acceptors (Lipinski definition) is 4. The van der Waals surface area contributed by atoms with Crippen molar-refractivity contribution in [3.8, 4) is 11.5 Å². The zero-order chi connectivity index (χ0) is 19.7. The van der Waals surface area contributed by atoms with Crippen molar-refractivity contribution in [1.82, 2.24) is 9.88 Å². The first kappa shape index (κ1) is 18.8. The van der Waals surface area contributed by atoms with Gasteiger partial charge in [-0.1, -0.05) is 29.8 Å². The van der Waals surface area contributed by atoms with Gasteiger partial charge in [-0.15, -0.1) is 0 Å². The zero-order valence-corrected chi connectivity index (χ0v) is 17.3. The van der Waals surface area contributed by atoms with Crippen LogP contribution in [-0.2, 0) is 6.54 Å². The van der Waals surface area contributed by atoms with E-state index in [-0.39, 0.29) is 0 Å². The molecule has 4 heteroatoms. The van der Waals surface area contributed by atoms with Gasteiger partial charge in [-0.25, -0.2) is 4.98 Å². The first-order valence-corrected chi connectivity index (χ1v) is 10.1. The molecule has 1 saturated heterocycles. The summed E-state index contributed by atoms with van der Waals surface area (Å²) in [4.78, 5) is 9.78. The molecule has 0 aliphatic carbocycles. The molecular formula is C24H29N3O. The van der Waals surface area contributed by atoms with Gasteiger partial charge < -0.3 is 9.32 Å². The molecule has 1 aromatic heterocycles. The molecule has 0 spiro atoms. The Morgan fingerprint density at radius 2 is 1.68 bits per heavy atom. The average Bonchev–Trinajstić information content (AvgIpc) is 3.05. The van der Waals surface area contributed by atoms with Crippen molar-refractivity contribution in [2.45, 2.75) is 34.2 Å². The van der Waals surface area contributed by atoms with Crippen LogP contribution in [0, 0.1) is 27.7 Å². The minimum atomic E-state index is 0.727. The molecule has 0 N–H and O–H groups in total. The Balaban J connectivity index is 1.42. The zero-order valence-electron chi connectivity index (χ0n) is 17.3. The maximum absolute atomic E-state index is 5.97. The molecule has 4 rings (SSSR count). The number of aromatic nitrogens is 1. The fraction of sp³-hybridized carbons (Fsp3) is 0.375. The molecule has 3 aromatic rings. The van der Waals surface area contributed by atoms with E-state index in [1.807, 2.05) is 6.92 Å². The third-order valence-electron chi connectivity index (χ3n) is 5.82. The van der Waals surface area contributed by atoms with Gasteiger partial charge in [0.25, 0.3) is 0 Å². The Morgan fingerprint density at radius 3 is 2.43 bits per heavy atom. The Labute approximate surface area is 167 Å². The Morgan fingerprint density at radius 1 is 0.929 bits per heavy atom. The Hall–Kier alpha value is -2.59. The standard InChI is InChI=1S/C24H29N3O/c1-17-7-5-9-21(15-17)24-25-22(20(4)28-24)16-26-11-13-27(14-12-26)23-10-6-8-18(2)19(23)3/h5-10,15H,11-14,16H2,1-4H3. The number of benzene rings is 2. The second kappa shape index (κ2) is 7.80. The smallest absolute Gasteiger partial charge is 0.226 e. The highest BCUT2D eigenvalue weighted by Crippen LogP contribution is 2.26. The van der Waals surface area contributed by atoms with Crippen LogP contribution in [-0.4, -0.2) is 36.1 Å². The number of nitrogens with zero attached hydrogens (tertiary/aromatic N) is 3. The molecule has 0 atom stereocenters. The van der Waals surface area contributed by atoms with E-state index in [9.17, 15) is 0 Å². The van der Waals surface area contributed by atoms with Crippen molar-refractivity contribution in [2.75, 3.05) is 31.1 Å². The van der Waals surface area contributed by atoms with Crippen molar-refractivity contribution in [1.29, 1.82) is 0 Å². The fourth-order valence-corrected chi connectivity index (χ4v) is 3.91. The lowest BCUT2D eigenvalue weighted by molar-refractivity contribution is 0.246. The summed E-state index contributed by atoms with van der Waals surface area (Å²) in [6.45, 7) is 13.6. The summed E-state index contributed by atoms with van der Waals surface area (Å²) in [5, 5.41) is 0. The van der Waals surface area contributed by atoms with Crippen molar-refractivity contribution in [2.24, 2.45) is 0 Å². The molecule has 2 heterocycles. The maximum atomic E-state index is 5.97. The maximum Gasteiger partial charge on any atom is 0.226 e. The molecule has 1 aliphatic heterocycles. The highest BCUT2D eigenvalue weighted by atomic mass is 16.4. The van der Waals surface area contributed by atoms with E-state index >= 15 is 0 Å². The molecule has 0 saturated carbocycles. The molecule has 2 aromatic carbocycles. The van der Waals surface area contributed by atoms with E-state index in [0.29, 0.717) is 0 Å². The van der Waals surface area contributed by atoms with Gasteiger partial charge in [-0.3, -0.25) is 4.90 Å². The summed E-state index contributed by atoms with van der Waals surface area (Å²) in [6, 6.07) is 14.9. The highest BCUT2D eigenvalue weighted by molar-refractivity contribution is 5.56. The largest absolute Gasteiger partial charge is 0.441 e. The number of oxazole rings is 1. The quantitative estimate of drug-likeness (QED) is 0.649. The number of anilines is 1. The van der Waals surface area contributed by atoms with Gasteiger partial charge in [0, 0.05) is 44.0 Å². The topological polar surface area (TPSA) is 32.5 Å². The van der Waals surface area contributed by atoms with Crippen LogP contribution in [0.1, 0.15) is 28.1 Å². The third-order valence-corrected chi connectivity index (χ3v) is 5.82. The number of aryl methyl sites for hydroxylation is 3. The van der Waals surface area contributed by atoms with Crippen molar-refractivity contribution < 1.29 is 4.42 Å². The van der Waals surface area contributed by atoms with Crippen LogP contribution in [0.25, 0.3) is 11.5 Å². The first-order valence-electron chi connectivity index (χ1n) is 10.1. The van der Waals surface area contributed by atoms with Gasteiger partial charge in [0.15, 0.2) is 0 Å². The molecule has 4 nitrogen and oxygen atoms in total. The third kappa shape index (κ3) is 3.83. The molecule has 0 amide bonds. The Bertz CT molecular complexity index is 968. The van der Waals surface area contributed by atoms with E-state index in [4.69, 9.17) is 9.40 Å². The molecule has 146 valence electrons. The van der Waals surface area contributed by atoms with Crippen LogP contribution >= 0.6 is 0 Å². The van der Waals surface area contributed by atoms with Crippen LogP contribution < -0.4 is 4.90 Å². The molecule has 0 bridgehead atoms. The van der Waals surface area contributed by atoms with E-state index < -0.39 is 0 Å². The van der Waals surface area contributed by atoms with E-state index in [0.717, 1.165) is 55.6 Å². The van der Waals surface area contributed by atoms with E-state index in [1.165, 1.54) is 22.4 Å². The van der Waals surface area contributed by atoms with Gasteiger partial charge in [-0.2, -0.15) is 0 Å². The van der Waals surface area contributed by atoms with Crippen LogP contribution in [0.5, 0.6) is 0 Å². The summed E-state index contributed by atoms with van der Waals surface area (Å²) in [5.74, 6) is 1.65. The van der Waals surface area contributed by atoms with E-state index in [2.05, 4.69) is 73.0 Å². The van der Waals surface area contributed by atoms with E-state index in [1.54, 1.807) is 0 Å². The van der Waals surface area contributed by atoms with Crippen molar-refractivity contribution in [3.63, 3.8) is 0 Å². The first-order chi connectivity index (χ1) is 13.5. The van der Waals surface area contributed by atoms with Crippen LogP contribution in [0.2, 0.25) is 0 Å². The van der Waals surface area contributed by atoms with Gasteiger partial charge in [0.1, 0.15) is 5.76 Å². The predicted molar refractivity (Wildman–Crippen MR) is 115 cm³/mol. The van der Waals surface area contributed by atoms with Gasteiger partial charge in [0.2, 0.25) is 5.89 Å². The highest BCUT2D eigenvalue weighted by Gasteiger charge is 2.21. The fourth-order valence-electron chi connectivity index (χ4n) is 3.91. The number of piperazine rings is 1. The Kier molecular flexibility index (Phi) is 5.23. The summed E-state index contributed by atoms with van der Waals surface area (Å²) in [6.07, 6.45) is 0. The molecule has 28 heavy (non-hydrogen) atoms. The van der Waals surface area contributed by atoms with Crippen LogP contribution in [0.3, 0.4) is 0 Å². The summed E-state index contributed by atoms with van der Waals surface area (Å²) in [7, 11) is 0. The lowest BCUT2D eigenvalue weighted by Crippen LogP contribution is -2.46. The molecule has 0 unspecified atom stereocenters. The summed E-state index contributed by atoms with van der Waals surface area (Å²) < 4.78 is 5.97. The summed E-state index contributed by atoms with van der Waals surface area (Å²) >= 11 is 0. The van der Waals surface area contributed by atoms with Crippen molar-refractivity contribution >= 4 is 5.69 Å². The predicted octanol–water partition coefficient (Wildman–Crippen LogP) is 4.90. The SMILES string of the molecule is Cc1cccc(-c2nc(CN3CCN(c4cccc(C)c4C)CC3)c(C)o2)c1. The van der Waals surface area contributed by atoms with Gasteiger partial charge in [-0.05, 0) is 57.0 Å². The normalized spacial score (nSPS) is 15.2. The van der Waals surface area contributed by atoms with Crippen LogP contribution in [0.4, 0.5) is 5.69 Å². The summed E-state index contributed by atoms with van der Waals surface area (Å²) in [5.41, 5.74) is 7.45. The minimum Gasteiger partial charge on any atom is -0.441 e. The van der Waals surface area contributed by atoms with Crippen molar-refractivity contribution in [3.05, 3.63) is 70.6 Å². The lowest BCUT2D eigenvalue weighted by Gasteiger charge is -2.36. The monoisotopic (exact) mass is 375 g/mol.